The van der Waals surface area contributed by atoms with Crippen molar-refractivity contribution in [2.75, 3.05) is 6.54 Å². The lowest BCUT2D eigenvalue weighted by molar-refractivity contribution is 0.512. The molecule has 2 aromatic rings. The minimum Gasteiger partial charge on any atom is -0.313 e. The highest BCUT2D eigenvalue weighted by molar-refractivity contribution is 9.10. The molecule has 0 fully saturated rings. The molecular weight excluding hydrogens is 322 g/mol. The van der Waals surface area contributed by atoms with Gasteiger partial charge in [0, 0.05) is 40.6 Å². The van der Waals surface area contributed by atoms with Crippen molar-refractivity contribution in [2.24, 2.45) is 0 Å². The van der Waals surface area contributed by atoms with Gasteiger partial charge in [0.15, 0.2) is 0 Å². The van der Waals surface area contributed by atoms with E-state index in [-0.39, 0.29) is 0 Å². The molecule has 1 unspecified atom stereocenters. The van der Waals surface area contributed by atoms with Crippen molar-refractivity contribution in [3.8, 4) is 0 Å². The smallest absolute Gasteiger partial charge is 0.0897 e. The minimum atomic E-state index is 0.389. The van der Waals surface area contributed by atoms with E-state index in [1.54, 1.807) is 11.3 Å². The highest BCUT2D eigenvalue weighted by atomic mass is 79.9. The van der Waals surface area contributed by atoms with Gasteiger partial charge in [0.2, 0.25) is 0 Å². The number of pyridine rings is 1. The molecule has 5 heteroatoms. The molecule has 0 saturated carbocycles. The first-order chi connectivity index (χ1) is 9.17. The van der Waals surface area contributed by atoms with Crippen molar-refractivity contribution < 1.29 is 0 Å². The fourth-order valence-electron chi connectivity index (χ4n) is 2.04. The number of halogens is 1. The standard InChI is InChI=1S/C14H18BrN3S/c1-3-16-13(7-14-9-19-10(2)18-14)6-12-5-4-11(15)8-17-12/h4-5,8-9,13,16H,3,6-7H2,1-2H3. The maximum absolute atomic E-state index is 4.54. The van der Waals surface area contributed by atoms with Gasteiger partial charge >= 0.3 is 0 Å². The highest BCUT2D eigenvalue weighted by Gasteiger charge is 2.12. The first-order valence-electron chi connectivity index (χ1n) is 6.42. The lowest BCUT2D eigenvalue weighted by Gasteiger charge is -2.16. The molecule has 3 nitrogen and oxygen atoms in total. The summed E-state index contributed by atoms with van der Waals surface area (Å²) >= 11 is 5.12. The SMILES string of the molecule is CCNC(Cc1ccc(Br)cn1)Cc1csc(C)n1. The molecule has 0 bridgehead atoms. The van der Waals surface area contributed by atoms with Crippen molar-refractivity contribution in [1.82, 2.24) is 15.3 Å². The Bertz CT molecular complexity index is 510. The predicted octanol–water partition coefficient (Wildman–Crippen LogP) is 3.37. The normalized spacial score (nSPS) is 12.6. The third-order valence-electron chi connectivity index (χ3n) is 2.86. The fraction of sp³-hybridized carbons (Fsp3) is 0.429. The molecule has 102 valence electrons. The van der Waals surface area contributed by atoms with E-state index < -0.39 is 0 Å². The number of nitrogens with one attached hydrogen (secondary N) is 1. The Morgan fingerprint density at radius 2 is 2.11 bits per heavy atom. The first kappa shape index (κ1) is 14.6. The van der Waals surface area contributed by atoms with Gasteiger partial charge in [-0.1, -0.05) is 6.92 Å². The summed E-state index contributed by atoms with van der Waals surface area (Å²) in [5, 5.41) is 6.80. The molecule has 1 atom stereocenters. The summed E-state index contributed by atoms with van der Waals surface area (Å²) in [4.78, 5) is 8.98. The Morgan fingerprint density at radius 3 is 2.68 bits per heavy atom. The third-order valence-corrected chi connectivity index (χ3v) is 4.15. The quantitative estimate of drug-likeness (QED) is 0.876. The van der Waals surface area contributed by atoms with Crippen molar-refractivity contribution in [2.45, 2.75) is 32.7 Å². The van der Waals surface area contributed by atoms with E-state index in [1.807, 2.05) is 19.2 Å². The average Bonchev–Trinajstić information content (AvgIpc) is 2.78. The van der Waals surface area contributed by atoms with Crippen LogP contribution in [-0.2, 0) is 12.8 Å². The fourth-order valence-corrected chi connectivity index (χ4v) is 2.90. The molecule has 0 aromatic carbocycles. The molecule has 0 aliphatic rings. The van der Waals surface area contributed by atoms with Crippen molar-refractivity contribution in [3.05, 3.63) is 44.6 Å². The number of aromatic nitrogens is 2. The summed E-state index contributed by atoms with van der Waals surface area (Å²) in [6, 6.07) is 4.50. The number of thiazole rings is 1. The van der Waals surface area contributed by atoms with E-state index in [0.29, 0.717) is 6.04 Å². The van der Waals surface area contributed by atoms with Crippen LogP contribution in [0.3, 0.4) is 0 Å². The van der Waals surface area contributed by atoms with E-state index in [2.05, 4.69) is 49.6 Å². The predicted molar refractivity (Wildman–Crippen MR) is 83.7 cm³/mol. The van der Waals surface area contributed by atoms with Crippen LogP contribution in [0.2, 0.25) is 0 Å². The highest BCUT2D eigenvalue weighted by Crippen LogP contribution is 2.13. The minimum absolute atomic E-state index is 0.389. The second-order valence-electron chi connectivity index (χ2n) is 4.49. The molecule has 2 rings (SSSR count). The molecule has 19 heavy (non-hydrogen) atoms. The Hall–Kier alpha value is -0.780. The summed E-state index contributed by atoms with van der Waals surface area (Å²) < 4.78 is 1.02. The van der Waals surface area contributed by atoms with Gasteiger partial charge in [0.05, 0.1) is 10.7 Å². The topological polar surface area (TPSA) is 37.8 Å². The Labute approximate surface area is 126 Å². The molecule has 2 aromatic heterocycles. The molecule has 0 saturated heterocycles. The van der Waals surface area contributed by atoms with Crippen LogP contribution < -0.4 is 5.32 Å². The molecule has 0 spiro atoms. The Morgan fingerprint density at radius 1 is 1.32 bits per heavy atom. The van der Waals surface area contributed by atoms with Crippen LogP contribution in [0, 0.1) is 6.92 Å². The maximum Gasteiger partial charge on any atom is 0.0897 e. The van der Waals surface area contributed by atoms with Crippen LogP contribution in [0.1, 0.15) is 23.3 Å². The van der Waals surface area contributed by atoms with E-state index >= 15 is 0 Å². The van der Waals surface area contributed by atoms with Gasteiger partial charge in [-0.25, -0.2) is 4.98 Å². The van der Waals surface area contributed by atoms with Crippen LogP contribution in [0.15, 0.2) is 28.2 Å². The Balaban J connectivity index is 2.01. The number of rotatable bonds is 6. The van der Waals surface area contributed by atoms with E-state index in [1.165, 1.54) is 5.69 Å². The van der Waals surface area contributed by atoms with Gasteiger partial charge in [-0.05, 0) is 41.5 Å². The van der Waals surface area contributed by atoms with Gasteiger partial charge < -0.3 is 5.32 Å². The summed E-state index contributed by atoms with van der Waals surface area (Å²) in [6.07, 6.45) is 3.74. The second-order valence-corrected chi connectivity index (χ2v) is 6.47. The molecule has 0 amide bonds. The zero-order chi connectivity index (χ0) is 13.7. The first-order valence-corrected chi connectivity index (χ1v) is 8.09. The van der Waals surface area contributed by atoms with Crippen LogP contribution >= 0.6 is 27.3 Å². The molecular formula is C14H18BrN3S. The zero-order valence-electron chi connectivity index (χ0n) is 11.2. The number of likely N-dealkylation sites (N-methyl/N-ethyl adjacent to an activating group) is 1. The maximum atomic E-state index is 4.54. The molecule has 0 aliphatic heterocycles. The summed E-state index contributed by atoms with van der Waals surface area (Å²) in [5.41, 5.74) is 2.28. The second kappa shape index (κ2) is 7.12. The van der Waals surface area contributed by atoms with Crippen LogP contribution in [0.25, 0.3) is 0 Å². The number of nitrogens with zero attached hydrogens (tertiary/aromatic N) is 2. The van der Waals surface area contributed by atoms with Crippen molar-refractivity contribution in [1.29, 1.82) is 0 Å². The monoisotopic (exact) mass is 339 g/mol. The van der Waals surface area contributed by atoms with E-state index in [4.69, 9.17) is 0 Å². The molecule has 2 heterocycles. The lowest BCUT2D eigenvalue weighted by Crippen LogP contribution is -2.33. The van der Waals surface area contributed by atoms with Gasteiger partial charge in [0.1, 0.15) is 0 Å². The summed E-state index contributed by atoms with van der Waals surface area (Å²) in [5.74, 6) is 0. The largest absolute Gasteiger partial charge is 0.313 e. The van der Waals surface area contributed by atoms with Crippen molar-refractivity contribution >= 4 is 27.3 Å². The van der Waals surface area contributed by atoms with Gasteiger partial charge in [-0.3, -0.25) is 4.98 Å². The van der Waals surface area contributed by atoms with Crippen LogP contribution in [0.4, 0.5) is 0 Å². The lowest BCUT2D eigenvalue weighted by atomic mass is 10.1. The van der Waals surface area contributed by atoms with Crippen molar-refractivity contribution in [3.63, 3.8) is 0 Å². The third kappa shape index (κ3) is 4.67. The Kier molecular flexibility index (Phi) is 5.48. The molecule has 0 aliphatic carbocycles. The van der Waals surface area contributed by atoms with Crippen LogP contribution in [0.5, 0.6) is 0 Å². The summed E-state index contributed by atoms with van der Waals surface area (Å²) in [6.45, 7) is 5.14. The number of hydrogen-bond acceptors (Lipinski definition) is 4. The van der Waals surface area contributed by atoms with Gasteiger partial charge in [0.25, 0.3) is 0 Å². The van der Waals surface area contributed by atoms with Crippen LogP contribution in [-0.4, -0.2) is 22.6 Å². The van der Waals surface area contributed by atoms with E-state index in [9.17, 15) is 0 Å². The van der Waals surface area contributed by atoms with Gasteiger partial charge in [-0.2, -0.15) is 0 Å². The number of aryl methyl sites for hydroxylation is 1. The number of hydrogen-bond donors (Lipinski definition) is 1. The zero-order valence-corrected chi connectivity index (χ0v) is 13.6. The van der Waals surface area contributed by atoms with Gasteiger partial charge in [-0.15, -0.1) is 11.3 Å². The molecule has 1 N–H and O–H groups in total. The average molecular weight is 340 g/mol. The molecule has 0 radical (unpaired) electrons. The van der Waals surface area contributed by atoms with E-state index in [0.717, 1.165) is 34.6 Å². The summed E-state index contributed by atoms with van der Waals surface area (Å²) in [7, 11) is 0.